The molecule has 2 nitrogen and oxygen atoms in total. The smallest absolute Gasteiger partial charge is 0.160 e. The predicted octanol–water partition coefficient (Wildman–Crippen LogP) is 3.60. The van der Waals surface area contributed by atoms with Crippen LogP contribution in [0.4, 0.5) is 0 Å². The minimum absolute atomic E-state index is 0.779. The van der Waals surface area contributed by atoms with Gasteiger partial charge in [0.2, 0.25) is 0 Å². The largest absolute Gasteiger partial charge is 0.493 e. The Kier molecular flexibility index (Phi) is 4.41. The summed E-state index contributed by atoms with van der Waals surface area (Å²) in [7, 11) is 3.31. The van der Waals surface area contributed by atoms with Gasteiger partial charge in [0.15, 0.2) is 11.5 Å². The molecule has 0 spiro atoms. The van der Waals surface area contributed by atoms with Crippen LogP contribution in [0.3, 0.4) is 0 Å². The Morgan fingerprint density at radius 3 is 2.12 bits per heavy atom. The molecule has 0 unspecified atom stereocenters. The fourth-order valence-electron chi connectivity index (χ4n) is 1.47. The topological polar surface area (TPSA) is 18.5 Å². The lowest BCUT2D eigenvalue weighted by molar-refractivity contribution is 0.354. The molecule has 1 aromatic carbocycles. The van der Waals surface area contributed by atoms with Crippen LogP contribution < -0.4 is 9.47 Å². The minimum atomic E-state index is 0.779. The molecule has 0 atom stereocenters. The van der Waals surface area contributed by atoms with Crippen molar-refractivity contribution in [3.8, 4) is 11.5 Å². The summed E-state index contributed by atoms with van der Waals surface area (Å²) in [4.78, 5) is 0. The molecule has 16 heavy (non-hydrogen) atoms. The Hall–Kier alpha value is -1.44. The van der Waals surface area contributed by atoms with E-state index in [-0.39, 0.29) is 0 Å². The van der Waals surface area contributed by atoms with Crippen molar-refractivity contribution in [2.24, 2.45) is 0 Å². The Bertz CT molecular complexity index is 388. The van der Waals surface area contributed by atoms with Gasteiger partial charge in [0, 0.05) is 0 Å². The summed E-state index contributed by atoms with van der Waals surface area (Å²) in [5, 5.41) is 0. The highest BCUT2D eigenvalue weighted by Crippen LogP contribution is 2.28. The number of allylic oxidation sites excluding steroid dienone is 2. The van der Waals surface area contributed by atoms with Crippen LogP contribution in [-0.2, 0) is 6.42 Å². The monoisotopic (exact) mass is 220 g/mol. The number of ether oxygens (including phenoxy) is 2. The summed E-state index contributed by atoms with van der Waals surface area (Å²) in [5.74, 6) is 1.57. The van der Waals surface area contributed by atoms with E-state index in [2.05, 4.69) is 26.8 Å². The predicted molar refractivity (Wildman–Crippen MR) is 67.3 cm³/mol. The quantitative estimate of drug-likeness (QED) is 0.722. The lowest BCUT2D eigenvalue weighted by Gasteiger charge is -2.10. The first-order valence-electron chi connectivity index (χ1n) is 5.42. The van der Waals surface area contributed by atoms with Crippen molar-refractivity contribution in [3.05, 3.63) is 34.9 Å². The molecule has 0 aromatic heterocycles. The van der Waals surface area contributed by atoms with Crippen LogP contribution in [0.2, 0.25) is 0 Å². The van der Waals surface area contributed by atoms with Crippen LogP contribution in [-0.4, -0.2) is 14.2 Å². The van der Waals surface area contributed by atoms with Gasteiger partial charge in [0.25, 0.3) is 0 Å². The van der Waals surface area contributed by atoms with Crippen LogP contribution in [0.1, 0.15) is 26.3 Å². The third-order valence-electron chi connectivity index (χ3n) is 2.77. The minimum Gasteiger partial charge on any atom is -0.493 e. The van der Waals surface area contributed by atoms with E-state index >= 15 is 0 Å². The normalized spacial score (nSPS) is 9.81. The first-order chi connectivity index (χ1) is 7.58. The molecule has 0 saturated heterocycles. The lowest BCUT2D eigenvalue weighted by atomic mass is 10.0. The van der Waals surface area contributed by atoms with Crippen molar-refractivity contribution in [2.75, 3.05) is 14.2 Å². The summed E-state index contributed by atoms with van der Waals surface area (Å²) < 4.78 is 10.5. The highest BCUT2D eigenvalue weighted by atomic mass is 16.5. The lowest BCUT2D eigenvalue weighted by Crippen LogP contribution is -1.94. The summed E-state index contributed by atoms with van der Waals surface area (Å²) in [6.07, 6.45) is 0.961. The van der Waals surface area contributed by atoms with Crippen LogP contribution in [0.15, 0.2) is 29.3 Å². The van der Waals surface area contributed by atoms with E-state index in [4.69, 9.17) is 9.47 Å². The number of hydrogen-bond acceptors (Lipinski definition) is 2. The SMILES string of the molecule is COc1ccc(CC(C)=C(C)C)cc1OC. The molecule has 0 heterocycles. The molecular formula is C14H20O2. The van der Waals surface area contributed by atoms with Gasteiger partial charge in [-0.1, -0.05) is 17.2 Å². The van der Waals surface area contributed by atoms with Gasteiger partial charge in [-0.3, -0.25) is 0 Å². The molecule has 0 aliphatic rings. The van der Waals surface area contributed by atoms with Crippen molar-refractivity contribution in [1.29, 1.82) is 0 Å². The fraction of sp³-hybridized carbons (Fsp3) is 0.429. The first-order valence-corrected chi connectivity index (χ1v) is 5.42. The van der Waals surface area contributed by atoms with Crippen LogP contribution in [0, 0.1) is 0 Å². The third-order valence-corrected chi connectivity index (χ3v) is 2.77. The van der Waals surface area contributed by atoms with E-state index in [1.807, 2.05) is 12.1 Å². The molecule has 0 aliphatic carbocycles. The van der Waals surface area contributed by atoms with E-state index in [1.165, 1.54) is 16.7 Å². The van der Waals surface area contributed by atoms with Crippen LogP contribution in [0.5, 0.6) is 11.5 Å². The third kappa shape index (κ3) is 3.02. The average Bonchev–Trinajstić information content (AvgIpc) is 2.28. The van der Waals surface area contributed by atoms with Crippen LogP contribution in [0.25, 0.3) is 0 Å². The second kappa shape index (κ2) is 5.59. The summed E-state index contributed by atoms with van der Waals surface area (Å²) in [6.45, 7) is 6.43. The van der Waals surface area contributed by atoms with Crippen molar-refractivity contribution in [3.63, 3.8) is 0 Å². The van der Waals surface area contributed by atoms with Gasteiger partial charge in [-0.15, -0.1) is 0 Å². The zero-order valence-corrected chi connectivity index (χ0v) is 10.8. The average molecular weight is 220 g/mol. The van der Waals surface area contributed by atoms with Gasteiger partial charge >= 0.3 is 0 Å². The maximum atomic E-state index is 5.28. The van der Waals surface area contributed by atoms with E-state index in [0.717, 1.165) is 17.9 Å². The van der Waals surface area contributed by atoms with Gasteiger partial charge in [-0.2, -0.15) is 0 Å². The molecular weight excluding hydrogens is 200 g/mol. The Morgan fingerprint density at radius 2 is 1.62 bits per heavy atom. The highest BCUT2D eigenvalue weighted by molar-refractivity contribution is 5.43. The second-order valence-electron chi connectivity index (χ2n) is 4.15. The molecule has 0 aliphatic heterocycles. The molecule has 2 heteroatoms. The van der Waals surface area contributed by atoms with Crippen molar-refractivity contribution < 1.29 is 9.47 Å². The number of benzene rings is 1. The van der Waals surface area contributed by atoms with E-state index in [9.17, 15) is 0 Å². The molecule has 1 rings (SSSR count). The summed E-state index contributed by atoms with van der Waals surface area (Å²) in [6, 6.07) is 6.06. The zero-order valence-electron chi connectivity index (χ0n) is 10.8. The molecule has 0 amide bonds. The van der Waals surface area contributed by atoms with Crippen molar-refractivity contribution in [2.45, 2.75) is 27.2 Å². The van der Waals surface area contributed by atoms with E-state index in [1.54, 1.807) is 14.2 Å². The molecule has 0 fully saturated rings. The molecule has 88 valence electrons. The first kappa shape index (κ1) is 12.6. The summed E-state index contributed by atoms with van der Waals surface area (Å²) >= 11 is 0. The van der Waals surface area contributed by atoms with E-state index < -0.39 is 0 Å². The maximum Gasteiger partial charge on any atom is 0.160 e. The Morgan fingerprint density at radius 1 is 1.00 bits per heavy atom. The van der Waals surface area contributed by atoms with Gasteiger partial charge < -0.3 is 9.47 Å². The zero-order chi connectivity index (χ0) is 12.1. The number of hydrogen-bond donors (Lipinski definition) is 0. The molecule has 0 saturated carbocycles. The van der Waals surface area contributed by atoms with E-state index in [0.29, 0.717) is 0 Å². The van der Waals surface area contributed by atoms with Gasteiger partial charge in [0.1, 0.15) is 0 Å². The van der Waals surface area contributed by atoms with Gasteiger partial charge in [-0.25, -0.2) is 0 Å². The molecule has 0 radical (unpaired) electrons. The second-order valence-corrected chi connectivity index (χ2v) is 4.15. The fourth-order valence-corrected chi connectivity index (χ4v) is 1.47. The summed E-state index contributed by atoms with van der Waals surface area (Å²) in [5.41, 5.74) is 4.01. The van der Waals surface area contributed by atoms with Crippen molar-refractivity contribution >= 4 is 0 Å². The maximum absolute atomic E-state index is 5.28. The number of methoxy groups -OCH3 is 2. The highest BCUT2D eigenvalue weighted by Gasteiger charge is 2.05. The standard InChI is InChI=1S/C14H20O2/c1-10(2)11(3)8-12-6-7-13(15-4)14(9-12)16-5/h6-7,9H,8H2,1-5H3. The van der Waals surface area contributed by atoms with Crippen LogP contribution >= 0.6 is 0 Å². The van der Waals surface area contributed by atoms with Crippen molar-refractivity contribution in [1.82, 2.24) is 0 Å². The Balaban J connectivity index is 2.96. The number of rotatable bonds is 4. The Labute approximate surface area is 97.9 Å². The molecule has 0 bridgehead atoms. The van der Waals surface area contributed by atoms with Gasteiger partial charge in [-0.05, 0) is 44.9 Å². The molecule has 1 aromatic rings. The molecule has 0 N–H and O–H groups in total. The van der Waals surface area contributed by atoms with Gasteiger partial charge in [0.05, 0.1) is 14.2 Å².